The fraction of sp³-hybridized carbons (Fsp3) is 0.500. The van der Waals surface area contributed by atoms with Crippen molar-refractivity contribution in [3.63, 3.8) is 0 Å². The molecule has 0 saturated heterocycles. The van der Waals surface area contributed by atoms with Crippen LogP contribution in [0.4, 0.5) is 0 Å². The van der Waals surface area contributed by atoms with Gasteiger partial charge < -0.3 is 4.98 Å². The van der Waals surface area contributed by atoms with E-state index in [0.29, 0.717) is 18.0 Å². The maximum Gasteiger partial charge on any atom is 0.202 e. The third-order valence-electron chi connectivity index (χ3n) is 1.50. The van der Waals surface area contributed by atoms with Gasteiger partial charge in [-0.1, -0.05) is 25.4 Å². The number of nitrogens with zero attached hydrogens (tertiary/aromatic N) is 1. The van der Waals surface area contributed by atoms with Gasteiger partial charge >= 0.3 is 0 Å². The molecule has 0 aromatic carbocycles. The fourth-order valence-electron chi connectivity index (χ4n) is 0.982. The van der Waals surface area contributed by atoms with Crippen molar-refractivity contribution in [1.82, 2.24) is 9.97 Å². The number of halogens is 2. The summed E-state index contributed by atoms with van der Waals surface area (Å²) in [7, 11) is 0. The Morgan fingerprint density at radius 2 is 2.15 bits per heavy atom. The smallest absolute Gasteiger partial charge is 0.202 e. The largest absolute Gasteiger partial charge is 0.325 e. The molecule has 0 unspecified atom stereocenters. The van der Waals surface area contributed by atoms with Crippen LogP contribution in [-0.4, -0.2) is 15.8 Å². The highest BCUT2D eigenvalue weighted by atomic mass is 35.5. The van der Waals surface area contributed by atoms with E-state index in [1.165, 1.54) is 0 Å². The van der Waals surface area contributed by atoms with Crippen LogP contribution in [0.3, 0.4) is 0 Å². The summed E-state index contributed by atoms with van der Waals surface area (Å²) >= 11 is 11.2. The van der Waals surface area contributed by atoms with Crippen LogP contribution in [0.1, 0.15) is 30.8 Å². The van der Waals surface area contributed by atoms with Crippen LogP contribution in [-0.2, 0) is 0 Å². The van der Waals surface area contributed by atoms with Crippen molar-refractivity contribution >= 4 is 29.0 Å². The van der Waals surface area contributed by atoms with Crippen molar-refractivity contribution in [3.05, 3.63) is 16.1 Å². The molecule has 5 heteroatoms. The average molecular weight is 221 g/mol. The van der Waals surface area contributed by atoms with Crippen LogP contribution in [0.2, 0.25) is 10.4 Å². The van der Waals surface area contributed by atoms with Gasteiger partial charge in [0.25, 0.3) is 0 Å². The lowest BCUT2D eigenvalue weighted by molar-refractivity contribution is 0.0963. The van der Waals surface area contributed by atoms with Crippen molar-refractivity contribution in [3.8, 4) is 0 Å². The van der Waals surface area contributed by atoms with Gasteiger partial charge in [0.1, 0.15) is 5.69 Å². The maximum absolute atomic E-state index is 11.5. The molecule has 0 radical (unpaired) electrons. The Kier molecular flexibility index (Phi) is 3.33. The Bertz CT molecular complexity index is 320. The molecule has 1 aromatic rings. The number of hydrogen-bond acceptors (Lipinski definition) is 2. The number of ketones is 1. The summed E-state index contributed by atoms with van der Waals surface area (Å²) in [6, 6.07) is 0. The summed E-state index contributed by atoms with van der Waals surface area (Å²) in [4.78, 5) is 17.8. The van der Waals surface area contributed by atoms with Gasteiger partial charge in [0.05, 0.1) is 0 Å². The van der Waals surface area contributed by atoms with Gasteiger partial charge in [0.15, 0.2) is 10.9 Å². The second-order valence-electron chi connectivity index (χ2n) is 3.21. The molecular weight excluding hydrogens is 211 g/mol. The van der Waals surface area contributed by atoms with E-state index in [9.17, 15) is 4.79 Å². The van der Waals surface area contributed by atoms with Gasteiger partial charge in [0.2, 0.25) is 5.28 Å². The zero-order valence-electron chi connectivity index (χ0n) is 7.40. The lowest BCUT2D eigenvalue weighted by atomic mass is 10.1. The number of carbonyl (C=O) groups is 1. The summed E-state index contributed by atoms with van der Waals surface area (Å²) in [5.74, 6) is 0.241. The molecule has 0 spiro atoms. The van der Waals surface area contributed by atoms with Crippen LogP contribution in [0.25, 0.3) is 0 Å². The number of rotatable bonds is 3. The second-order valence-corrected chi connectivity index (χ2v) is 3.93. The molecule has 1 N–H and O–H groups in total. The molecule has 0 aliphatic carbocycles. The van der Waals surface area contributed by atoms with Crippen LogP contribution in [0.15, 0.2) is 0 Å². The molecule has 0 atom stereocenters. The molecule has 1 aromatic heterocycles. The first-order chi connectivity index (χ1) is 6.00. The SMILES string of the molecule is CC(C)CC(=O)c1[nH]c(Cl)nc1Cl. The Morgan fingerprint density at radius 3 is 2.54 bits per heavy atom. The van der Waals surface area contributed by atoms with Crippen LogP contribution in [0.5, 0.6) is 0 Å². The van der Waals surface area contributed by atoms with E-state index in [1.807, 2.05) is 13.8 Å². The molecule has 1 heterocycles. The van der Waals surface area contributed by atoms with Crippen molar-refractivity contribution < 1.29 is 4.79 Å². The molecule has 0 fully saturated rings. The molecule has 0 aliphatic rings. The van der Waals surface area contributed by atoms with E-state index >= 15 is 0 Å². The molecule has 0 saturated carbocycles. The molecule has 0 bridgehead atoms. The molecule has 1 rings (SSSR count). The zero-order valence-corrected chi connectivity index (χ0v) is 8.91. The summed E-state index contributed by atoms with van der Waals surface area (Å²) in [6.07, 6.45) is 0.443. The minimum absolute atomic E-state index is 0.0561. The molecule has 0 amide bonds. The minimum atomic E-state index is -0.0561. The van der Waals surface area contributed by atoms with Gasteiger partial charge in [-0.3, -0.25) is 4.79 Å². The van der Waals surface area contributed by atoms with Gasteiger partial charge in [-0.2, -0.15) is 0 Å². The number of Topliss-reactive ketones (excluding diaryl/α,β-unsaturated/α-hetero) is 1. The quantitative estimate of drug-likeness (QED) is 0.797. The van der Waals surface area contributed by atoms with Crippen molar-refractivity contribution in [1.29, 1.82) is 0 Å². The highest BCUT2D eigenvalue weighted by molar-refractivity contribution is 6.34. The van der Waals surface area contributed by atoms with E-state index in [2.05, 4.69) is 9.97 Å². The third-order valence-corrected chi connectivity index (χ3v) is 1.96. The third kappa shape index (κ3) is 2.71. The molecular formula is C8H10Cl2N2O. The predicted octanol–water partition coefficient (Wildman–Crippen LogP) is 2.95. The normalized spacial score (nSPS) is 10.8. The summed E-state index contributed by atoms with van der Waals surface area (Å²) in [5, 5.41) is 0.299. The lowest BCUT2D eigenvalue weighted by Crippen LogP contribution is -2.04. The number of imidazole rings is 1. The van der Waals surface area contributed by atoms with Gasteiger partial charge in [0, 0.05) is 6.42 Å². The molecule has 72 valence electrons. The molecule has 3 nitrogen and oxygen atoms in total. The number of H-pyrrole nitrogens is 1. The Balaban J connectivity index is 2.82. The van der Waals surface area contributed by atoms with Crippen molar-refractivity contribution in [2.75, 3.05) is 0 Å². The number of carbonyl (C=O) groups excluding carboxylic acids is 1. The summed E-state index contributed by atoms with van der Waals surface area (Å²) in [5.41, 5.74) is 0.306. The molecule has 0 aliphatic heterocycles. The van der Waals surface area contributed by atoms with E-state index in [4.69, 9.17) is 23.2 Å². The van der Waals surface area contributed by atoms with E-state index in [-0.39, 0.29) is 16.2 Å². The minimum Gasteiger partial charge on any atom is -0.325 e. The number of aromatic amines is 1. The highest BCUT2D eigenvalue weighted by Crippen LogP contribution is 2.18. The van der Waals surface area contributed by atoms with Gasteiger partial charge in [-0.25, -0.2) is 4.98 Å². The Hall–Kier alpha value is -0.540. The summed E-state index contributed by atoms with van der Waals surface area (Å²) in [6.45, 7) is 3.92. The Labute approximate surface area is 86.5 Å². The van der Waals surface area contributed by atoms with Crippen LogP contribution in [0, 0.1) is 5.92 Å². The van der Waals surface area contributed by atoms with Crippen molar-refractivity contribution in [2.24, 2.45) is 5.92 Å². The predicted molar refractivity (Wildman–Crippen MR) is 52.4 cm³/mol. The topological polar surface area (TPSA) is 45.8 Å². The molecule has 13 heavy (non-hydrogen) atoms. The van der Waals surface area contributed by atoms with Crippen molar-refractivity contribution in [2.45, 2.75) is 20.3 Å². The van der Waals surface area contributed by atoms with E-state index in [0.717, 1.165) is 0 Å². The second kappa shape index (κ2) is 4.11. The maximum atomic E-state index is 11.5. The first kappa shape index (κ1) is 10.5. The van der Waals surface area contributed by atoms with E-state index in [1.54, 1.807) is 0 Å². The van der Waals surface area contributed by atoms with Gasteiger partial charge in [-0.15, -0.1) is 0 Å². The standard InChI is InChI=1S/C8H10Cl2N2O/c1-4(2)3-5(13)6-7(9)12-8(10)11-6/h4H,3H2,1-2H3,(H,11,12). The number of hydrogen-bond donors (Lipinski definition) is 1. The Morgan fingerprint density at radius 1 is 1.54 bits per heavy atom. The monoisotopic (exact) mass is 220 g/mol. The van der Waals surface area contributed by atoms with Crippen LogP contribution >= 0.6 is 23.2 Å². The summed E-state index contributed by atoms with van der Waals surface area (Å²) < 4.78 is 0. The fourth-order valence-corrected chi connectivity index (χ4v) is 1.44. The number of aromatic nitrogens is 2. The highest BCUT2D eigenvalue weighted by Gasteiger charge is 2.15. The van der Waals surface area contributed by atoms with Gasteiger partial charge in [-0.05, 0) is 17.5 Å². The van der Waals surface area contributed by atoms with E-state index < -0.39 is 0 Å². The van der Waals surface area contributed by atoms with Crippen LogP contribution < -0.4 is 0 Å². The zero-order chi connectivity index (χ0) is 10.0. The lowest BCUT2D eigenvalue weighted by Gasteiger charge is -2.00. The number of nitrogens with one attached hydrogen (secondary N) is 1. The average Bonchev–Trinajstić information content (AvgIpc) is 2.28. The first-order valence-electron chi connectivity index (χ1n) is 3.95. The first-order valence-corrected chi connectivity index (χ1v) is 4.70.